The van der Waals surface area contributed by atoms with Gasteiger partial charge < -0.3 is 0 Å². The van der Waals surface area contributed by atoms with Gasteiger partial charge in [-0.25, -0.2) is 0 Å². The van der Waals surface area contributed by atoms with E-state index in [1.807, 2.05) is 12.1 Å². The number of halogens is 1. The summed E-state index contributed by atoms with van der Waals surface area (Å²) in [7, 11) is 0. The molecule has 2 amide bonds. The highest BCUT2D eigenvalue weighted by atomic mass is 127. The van der Waals surface area contributed by atoms with Gasteiger partial charge in [0.15, 0.2) is 0 Å². The molecule has 1 aliphatic rings. The van der Waals surface area contributed by atoms with Gasteiger partial charge in [0.1, 0.15) is 0 Å². The number of hydrogen-bond acceptors (Lipinski definition) is 2. The van der Waals surface area contributed by atoms with Crippen LogP contribution < -0.4 is 0 Å². The highest BCUT2D eigenvalue weighted by Gasteiger charge is 2.29. The van der Waals surface area contributed by atoms with Crippen LogP contribution in [0.1, 0.15) is 22.8 Å². The maximum Gasteiger partial charge on any atom is 0.261 e. The van der Waals surface area contributed by atoms with Crippen LogP contribution in [0.2, 0.25) is 0 Å². The molecule has 0 aromatic heterocycles. The van der Waals surface area contributed by atoms with E-state index in [0.29, 0.717) is 12.1 Å². The molecule has 0 saturated carbocycles. The number of benzene rings is 1. The molecule has 0 fully saturated rings. The average molecular weight is 301 g/mol. The Morgan fingerprint density at radius 1 is 1.50 bits per heavy atom. The first-order chi connectivity index (χ1) is 6.59. The summed E-state index contributed by atoms with van der Waals surface area (Å²) in [6.07, 6.45) is 0. The topological polar surface area (TPSA) is 37.4 Å². The van der Waals surface area contributed by atoms with Gasteiger partial charge in [-0.05, 0) is 46.4 Å². The van der Waals surface area contributed by atoms with Crippen molar-refractivity contribution in [2.45, 2.75) is 13.5 Å². The normalized spacial score (nSPS) is 14.4. The number of carbonyl (C=O) groups is 2. The fourth-order valence-corrected chi connectivity index (χ4v) is 2.10. The number of imide groups is 1. The molecule has 72 valence electrons. The molecule has 1 aliphatic heterocycles. The Bertz CT molecular complexity index is 428. The van der Waals surface area contributed by atoms with Crippen LogP contribution in [-0.4, -0.2) is 16.7 Å². The van der Waals surface area contributed by atoms with Crippen molar-refractivity contribution in [1.82, 2.24) is 4.90 Å². The van der Waals surface area contributed by atoms with Crippen LogP contribution in [0.15, 0.2) is 18.2 Å². The van der Waals surface area contributed by atoms with Crippen molar-refractivity contribution < 1.29 is 9.59 Å². The standard InChI is InChI=1S/C10H8INO2/c1-6(13)12-5-7-4-8(11)2-3-9(7)10(12)14/h2-4H,5H2,1H3. The fraction of sp³-hybridized carbons (Fsp3) is 0.200. The van der Waals surface area contributed by atoms with Crippen LogP contribution >= 0.6 is 22.6 Å². The third-order valence-corrected chi connectivity index (χ3v) is 2.92. The highest BCUT2D eigenvalue weighted by Crippen LogP contribution is 2.24. The second-order valence-electron chi connectivity index (χ2n) is 3.21. The molecule has 0 bridgehead atoms. The number of amides is 2. The van der Waals surface area contributed by atoms with Crippen molar-refractivity contribution in [3.05, 3.63) is 32.9 Å². The summed E-state index contributed by atoms with van der Waals surface area (Å²) in [6.45, 7) is 1.83. The predicted molar refractivity (Wildman–Crippen MR) is 59.7 cm³/mol. The quantitative estimate of drug-likeness (QED) is 0.685. The first-order valence-electron chi connectivity index (χ1n) is 4.20. The van der Waals surface area contributed by atoms with Crippen LogP contribution in [0.3, 0.4) is 0 Å². The van der Waals surface area contributed by atoms with E-state index in [-0.39, 0.29) is 11.8 Å². The smallest absolute Gasteiger partial charge is 0.261 e. The lowest BCUT2D eigenvalue weighted by Crippen LogP contribution is -2.28. The second kappa shape index (κ2) is 3.34. The summed E-state index contributed by atoms with van der Waals surface area (Å²) in [5, 5.41) is 0. The van der Waals surface area contributed by atoms with Gasteiger partial charge in [-0.2, -0.15) is 0 Å². The van der Waals surface area contributed by atoms with E-state index >= 15 is 0 Å². The molecular weight excluding hydrogens is 293 g/mol. The fourth-order valence-electron chi connectivity index (χ4n) is 1.54. The summed E-state index contributed by atoms with van der Waals surface area (Å²) in [5.74, 6) is -0.370. The van der Waals surface area contributed by atoms with Crippen molar-refractivity contribution in [3.8, 4) is 0 Å². The van der Waals surface area contributed by atoms with Gasteiger partial charge in [-0.1, -0.05) is 0 Å². The summed E-state index contributed by atoms with van der Waals surface area (Å²) in [4.78, 5) is 24.0. The number of rotatable bonds is 0. The van der Waals surface area contributed by atoms with E-state index in [0.717, 1.165) is 9.13 Å². The molecule has 3 nitrogen and oxygen atoms in total. The van der Waals surface area contributed by atoms with Crippen molar-refractivity contribution >= 4 is 34.4 Å². The maximum absolute atomic E-state index is 11.7. The molecule has 1 aromatic carbocycles. The molecule has 0 unspecified atom stereocenters. The second-order valence-corrected chi connectivity index (χ2v) is 4.46. The SMILES string of the molecule is CC(=O)N1Cc2cc(I)ccc2C1=O. The van der Waals surface area contributed by atoms with Gasteiger partial charge in [0.25, 0.3) is 5.91 Å². The van der Waals surface area contributed by atoms with Gasteiger partial charge in [0, 0.05) is 16.1 Å². The Morgan fingerprint density at radius 2 is 2.21 bits per heavy atom. The number of fused-ring (bicyclic) bond motifs is 1. The van der Waals surface area contributed by atoms with Gasteiger partial charge in [-0.15, -0.1) is 0 Å². The molecule has 2 rings (SSSR count). The van der Waals surface area contributed by atoms with E-state index in [4.69, 9.17) is 0 Å². The van der Waals surface area contributed by atoms with Gasteiger partial charge >= 0.3 is 0 Å². The van der Waals surface area contributed by atoms with Crippen LogP contribution in [0.5, 0.6) is 0 Å². The van der Waals surface area contributed by atoms with E-state index in [2.05, 4.69) is 22.6 Å². The Balaban J connectivity index is 2.45. The zero-order chi connectivity index (χ0) is 10.3. The zero-order valence-electron chi connectivity index (χ0n) is 7.58. The summed E-state index contributed by atoms with van der Waals surface area (Å²) in [6, 6.07) is 5.60. The molecule has 0 aliphatic carbocycles. The van der Waals surface area contributed by atoms with E-state index in [1.54, 1.807) is 6.07 Å². The van der Waals surface area contributed by atoms with Crippen LogP contribution in [-0.2, 0) is 11.3 Å². The Hall–Kier alpha value is -0.910. The number of carbonyl (C=O) groups excluding carboxylic acids is 2. The molecular formula is C10H8INO2. The molecule has 0 radical (unpaired) electrons. The molecule has 0 saturated heterocycles. The molecule has 0 spiro atoms. The van der Waals surface area contributed by atoms with E-state index < -0.39 is 0 Å². The molecule has 14 heavy (non-hydrogen) atoms. The first kappa shape index (κ1) is 9.64. The van der Waals surface area contributed by atoms with Crippen molar-refractivity contribution in [3.63, 3.8) is 0 Å². The van der Waals surface area contributed by atoms with Crippen molar-refractivity contribution in [2.75, 3.05) is 0 Å². The minimum absolute atomic E-state index is 0.177. The summed E-state index contributed by atoms with van der Waals surface area (Å²) in [5.41, 5.74) is 1.60. The maximum atomic E-state index is 11.7. The lowest BCUT2D eigenvalue weighted by molar-refractivity contribution is -0.126. The summed E-state index contributed by atoms with van der Waals surface area (Å²) < 4.78 is 1.08. The van der Waals surface area contributed by atoms with Gasteiger partial charge in [0.05, 0.1) is 6.54 Å². The minimum Gasteiger partial charge on any atom is -0.275 e. The van der Waals surface area contributed by atoms with Crippen molar-refractivity contribution in [1.29, 1.82) is 0 Å². The third-order valence-electron chi connectivity index (χ3n) is 2.25. The number of nitrogens with zero attached hydrogens (tertiary/aromatic N) is 1. The van der Waals surface area contributed by atoms with Gasteiger partial charge in [-0.3, -0.25) is 14.5 Å². The van der Waals surface area contributed by atoms with Crippen LogP contribution in [0.4, 0.5) is 0 Å². The highest BCUT2D eigenvalue weighted by molar-refractivity contribution is 14.1. The lowest BCUT2D eigenvalue weighted by Gasteiger charge is -2.08. The summed E-state index contributed by atoms with van der Waals surface area (Å²) >= 11 is 2.19. The lowest BCUT2D eigenvalue weighted by atomic mass is 10.1. The van der Waals surface area contributed by atoms with E-state index in [1.165, 1.54) is 11.8 Å². The Kier molecular flexibility index (Phi) is 2.30. The molecule has 1 aromatic rings. The van der Waals surface area contributed by atoms with E-state index in [9.17, 15) is 9.59 Å². The minimum atomic E-state index is -0.193. The monoisotopic (exact) mass is 301 g/mol. The Morgan fingerprint density at radius 3 is 2.86 bits per heavy atom. The van der Waals surface area contributed by atoms with Gasteiger partial charge in [0.2, 0.25) is 5.91 Å². The average Bonchev–Trinajstić information content (AvgIpc) is 2.43. The zero-order valence-corrected chi connectivity index (χ0v) is 9.74. The Labute approximate surface area is 95.2 Å². The predicted octanol–water partition coefficient (Wildman–Crippen LogP) is 1.79. The van der Waals surface area contributed by atoms with Crippen LogP contribution in [0.25, 0.3) is 0 Å². The first-order valence-corrected chi connectivity index (χ1v) is 5.28. The van der Waals surface area contributed by atoms with Crippen molar-refractivity contribution in [2.24, 2.45) is 0 Å². The third kappa shape index (κ3) is 1.43. The molecule has 0 atom stereocenters. The molecule has 0 N–H and O–H groups in total. The number of hydrogen-bond donors (Lipinski definition) is 0. The molecule has 4 heteroatoms. The van der Waals surface area contributed by atoms with Crippen LogP contribution in [0, 0.1) is 3.57 Å². The molecule has 1 heterocycles. The largest absolute Gasteiger partial charge is 0.275 e.